The number of hydrogen-bond donors (Lipinski definition) is 1. The van der Waals surface area contributed by atoms with Gasteiger partial charge in [0.2, 0.25) is 0 Å². The van der Waals surface area contributed by atoms with Crippen LogP contribution in [0.25, 0.3) is 0 Å². The number of hydrogen-bond acceptors (Lipinski definition) is 1. The van der Waals surface area contributed by atoms with Crippen molar-refractivity contribution >= 4 is 0 Å². The van der Waals surface area contributed by atoms with E-state index in [1.807, 2.05) is 0 Å². The van der Waals surface area contributed by atoms with E-state index in [0.29, 0.717) is 0 Å². The number of alkyl halides is 3. The average molecular weight is 141 g/mol. The lowest BCUT2D eigenvalue weighted by Gasteiger charge is -2.11. The normalized spacial score (nSPS) is 12.0. The standard InChI is InChI=1S/C5H10F3N/c6-3-1-2-5(7,8)4-9/h1-4,9H2. The van der Waals surface area contributed by atoms with Crippen LogP contribution in [0.2, 0.25) is 0 Å². The summed E-state index contributed by atoms with van der Waals surface area (Å²) >= 11 is 0. The molecule has 9 heavy (non-hydrogen) atoms. The second-order valence-corrected chi connectivity index (χ2v) is 1.85. The van der Waals surface area contributed by atoms with Gasteiger partial charge in [0, 0.05) is 6.42 Å². The van der Waals surface area contributed by atoms with Gasteiger partial charge in [0.25, 0.3) is 5.92 Å². The Bertz CT molecular complexity index is 74.6. The molecule has 0 saturated heterocycles. The molecule has 0 aliphatic heterocycles. The fraction of sp³-hybridized carbons (Fsp3) is 1.00. The molecule has 0 amide bonds. The molecule has 2 N–H and O–H groups in total. The van der Waals surface area contributed by atoms with Gasteiger partial charge in [-0.15, -0.1) is 0 Å². The first kappa shape index (κ1) is 8.75. The first-order valence-corrected chi connectivity index (χ1v) is 2.76. The second kappa shape index (κ2) is 3.71. The Morgan fingerprint density at radius 3 is 2.22 bits per heavy atom. The van der Waals surface area contributed by atoms with Gasteiger partial charge >= 0.3 is 0 Å². The van der Waals surface area contributed by atoms with E-state index in [1.165, 1.54) is 0 Å². The van der Waals surface area contributed by atoms with Gasteiger partial charge < -0.3 is 5.73 Å². The minimum absolute atomic E-state index is 0.107. The lowest BCUT2D eigenvalue weighted by atomic mass is 10.2. The zero-order valence-corrected chi connectivity index (χ0v) is 5.04. The zero-order chi connectivity index (χ0) is 7.33. The van der Waals surface area contributed by atoms with Crippen LogP contribution in [0.15, 0.2) is 0 Å². The number of nitrogens with two attached hydrogens (primary N) is 1. The van der Waals surface area contributed by atoms with Crippen LogP contribution in [0.3, 0.4) is 0 Å². The van der Waals surface area contributed by atoms with Crippen LogP contribution in [0.4, 0.5) is 13.2 Å². The highest BCUT2D eigenvalue weighted by molar-refractivity contribution is 4.65. The van der Waals surface area contributed by atoms with Crippen molar-refractivity contribution in [2.45, 2.75) is 18.8 Å². The molecule has 0 rings (SSSR count). The largest absolute Gasteiger partial charge is 0.325 e. The first-order valence-electron chi connectivity index (χ1n) is 2.76. The molecule has 0 heterocycles. The topological polar surface area (TPSA) is 26.0 Å². The maximum absolute atomic E-state index is 12.0. The van der Waals surface area contributed by atoms with Gasteiger partial charge in [-0.2, -0.15) is 0 Å². The van der Waals surface area contributed by atoms with Gasteiger partial charge in [0.05, 0.1) is 13.2 Å². The fourth-order valence-corrected chi connectivity index (χ4v) is 0.428. The highest BCUT2D eigenvalue weighted by Gasteiger charge is 2.25. The molecule has 0 unspecified atom stereocenters. The molecular weight excluding hydrogens is 131 g/mol. The monoisotopic (exact) mass is 141 g/mol. The molecule has 0 aliphatic carbocycles. The molecule has 0 radical (unpaired) electrons. The molecule has 0 atom stereocenters. The molecule has 0 fully saturated rings. The van der Waals surface area contributed by atoms with Crippen molar-refractivity contribution in [1.29, 1.82) is 0 Å². The third kappa shape index (κ3) is 4.27. The van der Waals surface area contributed by atoms with Crippen LogP contribution >= 0.6 is 0 Å². The van der Waals surface area contributed by atoms with Gasteiger partial charge in [-0.3, -0.25) is 4.39 Å². The minimum Gasteiger partial charge on any atom is -0.325 e. The van der Waals surface area contributed by atoms with Gasteiger partial charge in [-0.25, -0.2) is 8.78 Å². The number of halogens is 3. The van der Waals surface area contributed by atoms with E-state index >= 15 is 0 Å². The molecule has 0 aromatic rings. The van der Waals surface area contributed by atoms with Crippen molar-refractivity contribution in [2.75, 3.05) is 13.2 Å². The summed E-state index contributed by atoms with van der Waals surface area (Å²) in [6, 6.07) is 0. The van der Waals surface area contributed by atoms with Crippen LogP contribution in [-0.2, 0) is 0 Å². The van der Waals surface area contributed by atoms with Crippen LogP contribution in [0, 0.1) is 0 Å². The van der Waals surface area contributed by atoms with E-state index in [0.717, 1.165) is 0 Å². The van der Waals surface area contributed by atoms with Crippen LogP contribution < -0.4 is 5.73 Å². The summed E-state index contributed by atoms with van der Waals surface area (Å²) in [4.78, 5) is 0. The van der Waals surface area contributed by atoms with E-state index in [-0.39, 0.29) is 6.42 Å². The van der Waals surface area contributed by atoms with E-state index in [2.05, 4.69) is 5.73 Å². The Labute approximate surface area is 52.0 Å². The van der Waals surface area contributed by atoms with Crippen LogP contribution in [-0.4, -0.2) is 19.1 Å². The fourth-order valence-electron chi connectivity index (χ4n) is 0.428. The van der Waals surface area contributed by atoms with Crippen LogP contribution in [0.1, 0.15) is 12.8 Å². The van der Waals surface area contributed by atoms with Gasteiger partial charge in [0.15, 0.2) is 0 Å². The Hall–Kier alpha value is -0.250. The summed E-state index contributed by atoms with van der Waals surface area (Å²) < 4.78 is 35.4. The van der Waals surface area contributed by atoms with Crippen molar-refractivity contribution in [2.24, 2.45) is 5.73 Å². The highest BCUT2D eigenvalue weighted by atomic mass is 19.3. The Balaban J connectivity index is 3.33. The van der Waals surface area contributed by atoms with Crippen molar-refractivity contribution < 1.29 is 13.2 Å². The van der Waals surface area contributed by atoms with E-state index < -0.39 is 25.6 Å². The van der Waals surface area contributed by atoms with Gasteiger partial charge in [0.1, 0.15) is 0 Å². The summed E-state index contributed by atoms with van der Waals surface area (Å²) in [6.07, 6.45) is -0.551. The maximum Gasteiger partial charge on any atom is 0.260 e. The van der Waals surface area contributed by atoms with Crippen molar-refractivity contribution in [1.82, 2.24) is 0 Å². The van der Waals surface area contributed by atoms with Crippen molar-refractivity contribution in [3.8, 4) is 0 Å². The number of rotatable bonds is 4. The molecule has 0 spiro atoms. The van der Waals surface area contributed by atoms with Gasteiger partial charge in [-0.05, 0) is 6.42 Å². The molecule has 1 nitrogen and oxygen atoms in total. The average Bonchev–Trinajstić information content (AvgIpc) is 1.84. The Kier molecular flexibility index (Phi) is 3.61. The summed E-state index contributed by atoms with van der Waals surface area (Å²) in [7, 11) is 0. The predicted octanol–water partition coefficient (Wildman–Crippen LogP) is 1.33. The predicted molar refractivity (Wildman–Crippen MR) is 29.2 cm³/mol. The van der Waals surface area contributed by atoms with Crippen LogP contribution in [0.5, 0.6) is 0 Å². The molecule has 0 bridgehead atoms. The van der Waals surface area contributed by atoms with Gasteiger partial charge in [-0.1, -0.05) is 0 Å². The summed E-state index contributed by atoms with van der Waals surface area (Å²) in [6.45, 7) is -1.39. The Morgan fingerprint density at radius 2 is 1.89 bits per heavy atom. The molecule has 0 aromatic carbocycles. The third-order valence-corrected chi connectivity index (χ3v) is 0.975. The third-order valence-electron chi connectivity index (χ3n) is 0.975. The summed E-state index contributed by atoms with van der Waals surface area (Å²) in [5.41, 5.74) is 4.67. The van der Waals surface area contributed by atoms with Crippen molar-refractivity contribution in [3.05, 3.63) is 0 Å². The highest BCUT2D eigenvalue weighted by Crippen LogP contribution is 2.17. The SMILES string of the molecule is NCC(F)(F)CCCF. The lowest BCUT2D eigenvalue weighted by Crippen LogP contribution is -2.27. The quantitative estimate of drug-likeness (QED) is 0.628. The molecular formula is C5H10F3N. The van der Waals surface area contributed by atoms with Crippen molar-refractivity contribution in [3.63, 3.8) is 0 Å². The zero-order valence-electron chi connectivity index (χ0n) is 5.04. The molecule has 56 valence electrons. The smallest absolute Gasteiger partial charge is 0.260 e. The summed E-state index contributed by atoms with van der Waals surface area (Å²) in [5, 5.41) is 0. The van der Waals surface area contributed by atoms with E-state index in [4.69, 9.17) is 0 Å². The summed E-state index contributed by atoms with van der Waals surface area (Å²) in [5.74, 6) is -2.87. The maximum atomic E-state index is 12.0. The van der Waals surface area contributed by atoms with E-state index in [9.17, 15) is 13.2 Å². The molecule has 0 aromatic heterocycles. The minimum atomic E-state index is -2.87. The molecule has 0 saturated carbocycles. The Morgan fingerprint density at radius 1 is 1.33 bits per heavy atom. The molecule has 4 heteroatoms. The second-order valence-electron chi connectivity index (χ2n) is 1.85. The lowest BCUT2D eigenvalue weighted by molar-refractivity contribution is -0.00123. The molecule has 0 aliphatic rings. The van der Waals surface area contributed by atoms with E-state index in [1.54, 1.807) is 0 Å². The first-order chi connectivity index (χ1) is 4.12.